The molecule has 54 heavy (non-hydrogen) atoms. The van der Waals surface area contributed by atoms with Crippen LogP contribution in [0.1, 0.15) is 50.1 Å². The highest BCUT2D eigenvalue weighted by Crippen LogP contribution is 2.40. The van der Waals surface area contributed by atoms with Crippen LogP contribution in [0.25, 0.3) is 0 Å². The smallest absolute Gasteiger partial charge is 0.373 e. The Morgan fingerprint density at radius 1 is 0.556 bits per heavy atom. The number of benzene rings is 5. The van der Waals surface area contributed by atoms with Gasteiger partial charge in [0.25, 0.3) is 10.0 Å². The van der Waals surface area contributed by atoms with Crippen molar-refractivity contribution in [3.05, 3.63) is 129 Å². The molecule has 0 atom stereocenters. The number of fused-ring (bicyclic) bond motifs is 8. The minimum atomic E-state index is -5.11. The molecule has 8 bridgehead atoms. The molecule has 6 rings (SSSR count). The van der Waals surface area contributed by atoms with E-state index >= 15 is 0 Å². The van der Waals surface area contributed by atoms with Gasteiger partial charge in [0.15, 0.2) is 0 Å². The molecule has 0 aliphatic heterocycles. The maximum Gasteiger partial charge on any atom is 0.373 e. The Labute approximate surface area is 309 Å². The van der Waals surface area contributed by atoms with Crippen LogP contribution in [0.2, 0.25) is 0 Å². The lowest BCUT2D eigenvalue weighted by Gasteiger charge is -2.24. The highest BCUT2D eigenvalue weighted by molar-refractivity contribution is 7.92. The zero-order valence-corrected chi connectivity index (χ0v) is 30.3. The van der Waals surface area contributed by atoms with Crippen molar-refractivity contribution in [2.75, 3.05) is 4.72 Å². The first kappa shape index (κ1) is 39.5. The summed E-state index contributed by atoms with van der Waals surface area (Å²) in [5, 5.41) is 48.0. The van der Waals surface area contributed by atoms with E-state index < -0.39 is 75.9 Å². The molecule has 0 radical (unpaired) electrons. The van der Waals surface area contributed by atoms with Gasteiger partial charge in [0, 0.05) is 42.5 Å². The average Bonchev–Trinajstić information content (AvgIpc) is 3.07. The first-order chi connectivity index (χ1) is 25.2. The lowest BCUT2D eigenvalue weighted by atomic mass is 9.90. The second-order valence-electron chi connectivity index (χ2n) is 12.4. The third-order valence-electron chi connectivity index (χ3n) is 8.54. The summed E-state index contributed by atoms with van der Waals surface area (Å²) >= 11 is 0. The molecule has 0 fully saturated rings. The number of rotatable bonds is 5. The van der Waals surface area contributed by atoms with Crippen molar-refractivity contribution in [1.29, 1.82) is 0 Å². The molecule has 0 saturated heterocycles. The molecule has 0 spiro atoms. The van der Waals surface area contributed by atoms with Gasteiger partial charge in [-0.2, -0.15) is 9.59 Å². The van der Waals surface area contributed by atoms with E-state index in [0.29, 0.717) is 5.56 Å². The van der Waals surface area contributed by atoms with Crippen molar-refractivity contribution < 1.29 is 64.4 Å². The van der Waals surface area contributed by atoms with Crippen LogP contribution < -0.4 is 9.83 Å². The van der Waals surface area contributed by atoms with Gasteiger partial charge in [0.1, 0.15) is 37.5 Å². The van der Waals surface area contributed by atoms with Gasteiger partial charge in [-0.25, -0.2) is 25.3 Å². The van der Waals surface area contributed by atoms with Crippen molar-refractivity contribution in [3.63, 3.8) is 0 Å². The van der Waals surface area contributed by atoms with Gasteiger partial charge in [-0.05, 0) is 77.7 Å². The lowest BCUT2D eigenvalue weighted by molar-refractivity contribution is -0.270. The van der Waals surface area contributed by atoms with Crippen LogP contribution >= 0.6 is 0 Å². The van der Waals surface area contributed by atoms with Crippen LogP contribution in [0.3, 0.4) is 0 Å². The predicted octanol–water partition coefficient (Wildman–Crippen LogP) is 2.89. The largest absolute Gasteiger partial charge is 0.872 e. The fraction of sp³-hybridized carbons (Fsp3) is 0.139. The summed E-state index contributed by atoms with van der Waals surface area (Å²) < 4.78 is 102. The number of hydrogen-bond donors (Lipinski definition) is 4. The normalized spacial score (nSPS) is 12.9. The molecular formula is C36H28NO14S3-3. The van der Waals surface area contributed by atoms with Gasteiger partial charge in [-0.3, -0.25) is 4.72 Å². The van der Waals surface area contributed by atoms with Crippen LogP contribution in [0.15, 0.2) is 93.5 Å². The summed E-state index contributed by atoms with van der Waals surface area (Å²) in [7, 11) is -14.4. The summed E-state index contributed by atoms with van der Waals surface area (Å²) in [6, 6.07) is 16.4. The van der Waals surface area contributed by atoms with Gasteiger partial charge in [-0.1, -0.05) is 47.0 Å². The topological polar surface area (TPSA) is 278 Å². The molecule has 0 heterocycles. The summed E-state index contributed by atoms with van der Waals surface area (Å²) in [5.74, 6) is -2.07. The zero-order valence-electron chi connectivity index (χ0n) is 27.9. The average molecular weight is 795 g/mol. The van der Waals surface area contributed by atoms with Gasteiger partial charge in [-0.15, -0.1) is 5.75 Å². The third kappa shape index (κ3) is 8.55. The van der Waals surface area contributed by atoms with Crippen molar-refractivity contribution in [1.82, 2.24) is 0 Å². The minimum absolute atomic E-state index is 0.0635. The van der Waals surface area contributed by atoms with Crippen LogP contribution in [0.5, 0.6) is 23.0 Å². The Bertz CT molecular complexity index is 2540. The van der Waals surface area contributed by atoms with Crippen LogP contribution in [-0.4, -0.2) is 55.8 Å². The molecule has 1 aliphatic carbocycles. The van der Waals surface area contributed by atoms with E-state index in [2.05, 4.69) is 4.72 Å². The number of aromatic hydroxyl groups is 3. The van der Waals surface area contributed by atoms with Crippen LogP contribution in [-0.2, 0) is 65.5 Å². The van der Waals surface area contributed by atoms with Crippen molar-refractivity contribution in [2.45, 2.75) is 47.3 Å². The van der Waals surface area contributed by atoms with E-state index in [0.717, 1.165) is 24.3 Å². The third-order valence-corrected chi connectivity index (χ3v) is 11.6. The molecule has 15 nitrogen and oxygen atoms in total. The fourth-order valence-electron chi connectivity index (χ4n) is 6.20. The van der Waals surface area contributed by atoms with Crippen LogP contribution in [0, 0.1) is 6.92 Å². The van der Waals surface area contributed by atoms with E-state index in [-0.39, 0.29) is 74.1 Å². The van der Waals surface area contributed by atoms with Crippen molar-refractivity contribution >= 4 is 42.1 Å². The first-order valence-corrected chi connectivity index (χ1v) is 19.8. The second kappa shape index (κ2) is 14.9. The number of phenols is 3. The van der Waals surface area contributed by atoms with E-state index in [1.807, 2.05) is 0 Å². The molecule has 282 valence electrons. The fourth-order valence-corrected chi connectivity index (χ4v) is 8.41. The first-order valence-electron chi connectivity index (χ1n) is 15.5. The van der Waals surface area contributed by atoms with E-state index in [1.165, 1.54) is 48.5 Å². The molecule has 0 amide bonds. The Morgan fingerprint density at radius 2 is 0.889 bits per heavy atom. The number of carbonyl (C=O) groups excluding carboxylic acids is 2. The molecule has 0 saturated carbocycles. The maximum absolute atomic E-state index is 13.7. The Balaban J connectivity index is 0.00000181. The SMILES string of the molecule is Cc1cc2c([O-])c(c1)Cc1cc(S(=O)(=O)[O-])cc(c1O)Cc1cc(NS(=O)(=O)c3ccccc3)cc(c1O)Cc1cc(S(=O)(=O)[O-])cc(c1O)C2.O=C=O. The Kier molecular flexibility index (Phi) is 10.9. The van der Waals surface area contributed by atoms with Crippen molar-refractivity contribution in [2.24, 2.45) is 0 Å². The molecule has 4 N–H and O–H groups in total. The molecule has 1 aliphatic rings. The number of sulfonamides is 1. The summed E-state index contributed by atoms with van der Waals surface area (Å²) in [4.78, 5) is 14.7. The maximum atomic E-state index is 13.7. The monoisotopic (exact) mass is 794 g/mol. The molecule has 18 heteroatoms. The van der Waals surface area contributed by atoms with Gasteiger partial charge < -0.3 is 29.5 Å². The van der Waals surface area contributed by atoms with Gasteiger partial charge in [0.2, 0.25) is 0 Å². The molecule has 5 aromatic carbocycles. The number of phenolic OH excluding ortho intramolecular Hbond substituents is 3. The second-order valence-corrected chi connectivity index (χ2v) is 16.8. The quantitative estimate of drug-likeness (QED) is 0.144. The Hall–Kier alpha value is -5.75. The predicted molar refractivity (Wildman–Crippen MR) is 184 cm³/mol. The summed E-state index contributed by atoms with van der Waals surface area (Å²) in [6.07, 6.45) is -1.43. The van der Waals surface area contributed by atoms with Crippen molar-refractivity contribution in [3.8, 4) is 23.0 Å². The minimum Gasteiger partial charge on any atom is -0.872 e. The van der Waals surface area contributed by atoms with E-state index in [9.17, 15) is 54.8 Å². The number of hydrogen-bond acceptors (Lipinski definition) is 14. The van der Waals surface area contributed by atoms with Crippen LogP contribution in [0.4, 0.5) is 5.69 Å². The molecule has 5 aromatic rings. The summed E-state index contributed by atoms with van der Waals surface area (Å²) in [6.45, 7) is 1.65. The van der Waals surface area contributed by atoms with Gasteiger partial charge >= 0.3 is 6.15 Å². The van der Waals surface area contributed by atoms with E-state index in [1.54, 1.807) is 13.0 Å². The standard InChI is InChI=1S/C35H31NO12S3.CO2/c1-19-7-20-9-24-15-30(50(43,44)45)17-26(34(24)39)11-22-13-28(36-49(41,42)29-5-3-2-4-6-29)14-23(33(22)38)12-27-18-31(51(46,47)48)16-25(35(27)40)10-21(8-19)32(20)37;2-1-3/h2-8,13-18,36-40H,9-12H2,1H3,(H,43,44,45)(H,46,47,48);/p-3. The molecule has 0 unspecified atom stereocenters. The highest BCUT2D eigenvalue weighted by Gasteiger charge is 2.23. The highest BCUT2D eigenvalue weighted by atomic mass is 32.2. The Morgan fingerprint density at radius 3 is 1.24 bits per heavy atom. The summed E-state index contributed by atoms with van der Waals surface area (Å²) in [5.41, 5.74) is -0.174. The number of aryl methyl sites for hydroxylation is 1. The molecular weight excluding hydrogens is 767 g/mol. The number of anilines is 1. The number of nitrogens with one attached hydrogen (secondary N) is 1. The van der Waals surface area contributed by atoms with Gasteiger partial charge in [0.05, 0.1) is 14.7 Å². The van der Waals surface area contributed by atoms with E-state index in [4.69, 9.17) is 9.59 Å². The molecule has 0 aromatic heterocycles. The zero-order chi connectivity index (χ0) is 39.7. The lowest BCUT2D eigenvalue weighted by Crippen LogP contribution is -2.13.